The molecule has 1 N–H and O–H groups in total. The molecule has 1 fully saturated rings. The summed E-state index contributed by atoms with van der Waals surface area (Å²) in [6.07, 6.45) is 3.45. The first kappa shape index (κ1) is 27.0. The maximum absolute atomic E-state index is 13.1. The lowest BCUT2D eigenvalue weighted by Gasteiger charge is -2.34. The number of anilines is 1. The minimum Gasteiger partial charge on any atom is -0.403 e. The fourth-order valence-electron chi connectivity index (χ4n) is 4.25. The van der Waals surface area contributed by atoms with Crippen LogP contribution in [0.5, 0.6) is 0 Å². The van der Waals surface area contributed by atoms with Gasteiger partial charge in [0.15, 0.2) is 9.84 Å². The minimum absolute atomic E-state index is 0.0142. The molecule has 1 aromatic heterocycles. The van der Waals surface area contributed by atoms with E-state index in [4.69, 9.17) is 4.42 Å². The molecule has 0 saturated carbocycles. The van der Waals surface area contributed by atoms with E-state index in [0.717, 1.165) is 25.7 Å². The van der Waals surface area contributed by atoms with Crippen molar-refractivity contribution in [2.24, 2.45) is 0 Å². The van der Waals surface area contributed by atoms with Crippen LogP contribution in [0.1, 0.15) is 56.8 Å². The van der Waals surface area contributed by atoms with Gasteiger partial charge < -0.3 is 4.42 Å². The Balaban J connectivity index is 1.48. The van der Waals surface area contributed by atoms with E-state index in [1.54, 1.807) is 30.3 Å². The quantitative estimate of drug-likeness (QED) is 0.445. The van der Waals surface area contributed by atoms with Gasteiger partial charge in [-0.05, 0) is 75.6 Å². The summed E-state index contributed by atoms with van der Waals surface area (Å²) in [6, 6.07) is 11.7. The molecule has 3 aromatic rings. The van der Waals surface area contributed by atoms with Gasteiger partial charge in [-0.1, -0.05) is 24.5 Å². The molecule has 1 unspecified atom stereocenters. The maximum Gasteiger partial charge on any atom is 0.322 e. The SMILES string of the molecule is CCC1CCCCN1S(=O)(=O)c1ccc(C(=O)Nc2nnc(-c3cccc(S(=O)(=O)C(C)C)c3)o2)cc1. The molecule has 4 rings (SSSR count). The van der Waals surface area contributed by atoms with Crippen LogP contribution in [0.4, 0.5) is 6.01 Å². The Morgan fingerprint density at radius 1 is 1.05 bits per heavy atom. The zero-order valence-corrected chi connectivity index (χ0v) is 22.5. The van der Waals surface area contributed by atoms with E-state index in [1.807, 2.05) is 6.92 Å². The van der Waals surface area contributed by atoms with Crippen molar-refractivity contribution in [2.75, 3.05) is 11.9 Å². The molecule has 1 atom stereocenters. The van der Waals surface area contributed by atoms with Crippen LogP contribution in [-0.2, 0) is 19.9 Å². The number of aromatic nitrogens is 2. The lowest BCUT2D eigenvalue weighted by Crippen LogP contribution is -2.43. The number of carbonyl (C=O) groups is 1. The van der Waals surface area contributed by atoms with Crippen LogP contribution in [0.2, 0.25) is 0 Å². The summed E-state index contributed by atoms with van der Waals surface area (Å²) >= 11 is 0. The first-order chi connectivity index (χ1) is 17.5. The van der Waals surface area contributed by atoms with Gasteiger partial charge in [0.25, 0.3) is 5.91 Å². The summed E-state index contributed by atoms with van der Waals surface area (Å²) in [5.74, 6) is -0.510. The summed E-state index contributed by atoms with van der Waals surface area (Å²) in [6.45, 7) is 5.67. The molecule has 1 aliphatic rings. The van der Waals surface area contributed by atoms with Crippen molar-refractivity contribution in [3.05, 3.63) is 54.1 Å². The van der Waals surface area contributed by atoms with E-state index in [2.05, 4.69) is 15.5 Å². The molecule has 0 radical (unpaired) electrons. The second-order valence-electron chi connectivity index (χ2n) is 9.19. The monoisotopic (exact) mass is 546 g/mol. The predicted molar refractivity (Wildman–Crippen MR) is 138 cm³/mol. The molecule has 12 heteroatoms. The normalized spacial score (nSPS) is 17.1. The standard InChI is InChI=1S/C25H30N4O6S2/c1-4-20-9-5-6-15-29(20)37(33,34)21-13-11-18(12-14-21)23(30)26-25-28-27-24(35-25)19-8-7-10-22(16-19)36(31,32)17(2)3/h7-8,10-14,16-17,20H,4-6,9,15H2,1-3H3,(H,26,28,30). The van der Waals surface area contributed by atoms with Crippen molar-refractivity contribution < 1.29 is 26.0 Å². The summed E-state index contributed by atoms with van der Waals surface area (Å²) < 4.78 is 58.3. The fourth-order valence-corrected chi connectivity index (χ4v) is 7.12. The Morgan fingerprint density at radius 2 is 1.78 bits per heavy atom. The number of piperidine rings is 1. The minimum atomic E-state index is -3.65. The van der Waals surface area contributed by atoms with Crippen molar-refractivity contribution in [3.8, 4) is 11.5 Å². The zero-order chi connectivity index (χ0) is 26.8. The highest BCUT2D eigenvalue weighted by Crippen LogP contribution is 2.28. The molecule has 1 saturated heterocycles. The maximum atomic E-state index is 13.1. The smallest absolute Gasteiger partial charge is 0.322 e. The number of carbonyl (C=O) groups excluding carboxylic acids is 1. The van der Waals surface area contributed by atoms with E-state index < -0.39 is 31.0 Å². The average Bonchev–Trinajstić information content (AvgIpc) is 3.37. The van der Waals surface area contributed by atoms with Crippen LogP contribution in [0.15, 0.2) is 62.7 Å². The van der Waals surface area contributed by atoms with Crippen molar-refractivity contribution in [1.29, 1.82) is 0 Å². The van der Waals surface area contributed by atoms with E-state index >= 15 is 0 Å². The number of nitrogens with one attached hydrogen (secondary N) is 1. The summed E-state index contributed by atoms with van der Waals surface area (Å²) in [7, 11) is -7.14. The van der Waals surface area contributed by atoms with Gasteiger partial charge in [-0.25, -0.2) is 16.8 Å². The van der Waals surface area contributed by atoms with Crippen LogP contribution < -0.4 is 5.32 Å². The third-order valence-corrected chi connectivity index (χ3v) is 10.6. The first-order valence-corrected chi connectivity index (χ1v) is 15.1. The van der Waals surface area contributed by atoms with Gasteiger partial charge >= 0.3 is 6.01 Å². The number of sulfonamides is 1. The van der Waals surface area contributed by atoms with Gasteiger partial charge in [0.1, 0.15) is 0 Å². The van der Waals surface area contributed by atoms with Crippen LogP contribution in [-0.4, -0.2) is 55.1 Å². The van der Waals surface area contributed by atoms with Gasteiger partial charge in [-0.15, -0.1) is 5.10 Å². The molecule has 0 spiro atoms. The van der Waals surface area contributed by atoms with Crippen molar-refractivity contribution in [3.63, 3.8) is 0 Å². The van der Waals surface area contributed by atoms with Gasteiger partial charge in [-0.2, -0.15) is 4.31 Å². The van der Waals surface area contributed by atoms with E-state index in [0.29, 0.717) is 12.1 Å². The van der Waals surface area contributed by atoms with Crippen LogP contribution in [0.25, 0.3) is 11.5 Å². The molecule has 1 aliphatic heterocycles. The van der Waals surface area contributed by atoms with Crippen molar-refractivity contribution >= 4 is 31.8 Å². The molecule has 2 heterocycles. The number of nitrogens with zero attached hydrogens (tertiary/aromatic N) is 3. The largest absolute Gasteiger partial charge is 0.403 e. The van der Waals surface area contributed by atoms with Gasteiger partial charge in [0.05, 0.1) is 15.0 Å². The van der Waals surface area contributed by atoms with Crippen LogP contribution >= 0.6 is 0 Å². The average molecular weight is 547 g/mol. The summed E-state index contributed by atoms with van der Waals surface area (Å²) in [4.78, 5) is 13.0. The molecule has 10 nitrogen and oxygen atoms in total. The van der Waals surface area contributed by atoms with Gasteiger partial charge in [-0.3, -0.25) is 10.1 Å². The Hall–Kier alpha value is -3.09. The predicted octanol–water partition coefficient (Wildman–Crippen LogP) is 4.12. The lowest BCUT2D eigenvalue weighted by molar-refractivity contribution is 0.102. The molecular formula is C25H30N4O6S2. The number of hydrogen-bond acceptors (Lipinski definition) is 8. The topological polar surface area (TPSA) is 140 Å². The van der Waals surface area contributed by atoms with Crippen LogP contribution in [0.3, 0.4) is 0 Å². The number of sulfone groups is 1. The lowest BCUT2D eigenvalue weighted by atomic mass is 10.0. The number of benzene rings is 2. The molecule has 0 aliphatic carbocycles. The summed E-state index contributed by atoms with van der Waals surface area (Å²) in [5, 5.41) is 9.63. The van der Waals surface area contributed by atoms with E-state index in [1.165, 1.54) is 36.4 Å². The molecule has 37 heavy (non-hydrogen) atoms. The Kier molecular flexibility index (Phi) is 7.81. The molecule has 2 aromatic carbocycles. The Morgan fingerprint density at radius 3 is 2.46 bits per heavy atom. The molecular weight excluding hydrogens is 516 g/mol. The van der Waals surface area contributed by atoms with Crippen molar-refractivity contribution in [2.45, 2.75) is 67.5 Å². The van der Waals surface area contributed by atoms with E-state index in [-0.39, 0.29) is 33.3 Å². The highest BCUT2D eigenvalue weighted by Gasteiger charge is 2.32. The number of rotatable bonds is 8. The molecule has 198 valence electrons. The van der Waals surface area contributed by atoms with Crippen molar-refractivity contribution in [1.82, 2.24) is 14.5 Å². The second-order valence-corrected chi connectivity index (χ2v) is 13.6. The highest BCUT2D eigenvalue weighted by atomic mass is 32.2. The van der Waals surface area contributed by atoms with E-state index in [9.17, 15) is 21.6 Å². The second kappa shape index (κ2) is 10.7. The fraction of sp³-hybridized carbons (Fsp3) is 0.400. The number of amides is 1. The highest BCUT2D eigenvalue weighted by molar-refractivity contribution is 7.92. The summed E-state index contributed by atoms with van der Waals surface area (Å²) in [5.41, 5.74) is 0.613. The molecule has 1 amide bonds. The Labute approximate surface area is 217 Å². The third-order valence-electron chi connectivity index (χ3n) is 6.44. The van der Waals surface area contributed by atoms with Gasteiger partial charge in [0.2, 0.25) is 15.9 Å². The van der Waals surface area contributed by atoms with Gasteiger partial charge in [0, 0.05) is 23.7 Å². The first-order valence-electron chi connectivity index (χ1n) is 12.1. The zero-order valence-electron chi connectivity index (χ0n) is 20.9. The third kappa shape index (κ3) is 5.60. The van der Waals surface area contributed by atoms with Crippen LogP contribution in [0, 0.1) is 0 Å². The molecule has 0 bridgehead atoms. The number of hydrogen-bond donors (Lipinski definition) is 1. The Bertz CT molecular complexity index is 1480.